The number of piperidine rings is 1. The largest absolute Gasteiger partial charge is 0.382 e. The molecule has 26 heavy (non-hydrogen) atoms. The van der Waals surface area contributed by atoms with Crippen LogP contribution < -0.4 is 5.32 Å². The quantitative estimate of drug-likeness (QED) is 0.840. The van der Waals surface area contributed by atoms with Gasteiger partial charge in [0, 0.05) is 45.4 Å². The van der Waals surface area contributed by atoms with Crippen LogP contribution in [0.2, 0.25) is 0 Å². The lowest BCUT2D eigenvalue weighted by molar-refractivity contribution is -0.133. The molecule has 1 atom stereocenters. The van der Waals surface area contributed by atoms with E-state index in [0.717, 1.165) is 44.5 Å². The van der Waals surface area contributed by atoms with E-state index in [4.69, 9.17) is 4.74 Å². The fourth-order valence-electron chi connectivity index (χ4n) is 3.38. The Balaban J connectivity index is 1.52. The van der Waals surface area contributed by atoms with Gasteiger partial charge in [0.25, 0.3) is 0 Å². The Morgan fingerprint density at radius 1 is 1.31 bits per heavy atom. The second-order valence-corrected chi connectivity index (χ2v) is 7.16. The van der Waals surface area contributed by atoms with E-state index < -0.39 is 0 Å². The Kier molecular flexibility index (Phi) is 6.08. The second kappa shape index (κ2) is 8.49. The molecule has 1 saturated heterocycles. The molecule has 0 unspecified atom stereocenters. The number of hydrogen-bond acceptors (Lipinski definition) is 4. The molecule has 3 amide bonds. The van der Waals surface area contributed by atoms with E-state index in [2.05, 4.69) is 10.3 Å². The Hall–Kier alpha value is -2.15. The maximum atomic E-state index is 12.7. The van der Waals surface area contributed by atoms with Crippen LogP contribution in [0.4, 0.5) is 4.79 Å². The second-order valence-electron chi connectivity index (χ2n) is 7.16. The molecule has 0 spiro atoms. The van der Waals surface area contributed by atoms with E-state index in [1.165, 1.54) is 0 Å². The summed E-state index contributed by atoms with van der Waals surface area (Å²) in [5.41, 5.74) is 0.803. The van der Waals surface area contributed by atoms with E-state index in [9.17, 15) is 9.59 Å². The number of ether oxygens (including phenoxy) is 1. The van der Waals surface area contributed by atoms with Crippen molar-refractivity contribution in [2.24, 2.45) is 5.92 Å². The third kappa shape index (κ3) is 4.52. The predicted molar refractivity (Wildman–Crippen MR) is 97.5 cm³/mol. The molecule has 1 aliphatic carbocycles. The van der Waals surface area contributed by atoms with Gasteiger partial charge in [-0.15, -0.1) is 0 Å². The Bertz CT molecular complexity index is 612. The van der Waals surface area contributed by atoms with Crippen LogP contribution in [0.25, 0.3) is 0 Å². The maximum absolute atomic E-state index is 12.7. The normalized spacial score (nSPS) is 19.1. The molecule has 7 heteroatoms. The molecular weight excluding hydrogens is 332 g/mol. The number of methoxy groups -OCH3 is 1. The monoisotopic (exact) mass is 360 g/mol. The summed E-state index contributed by atoms with van der Waals surface area (Å²) in [6, 6.07) is 5.38. The summed E-state index contributed by atoms with van der Waals surface area (Å²) in [6.07, 6.45) is 5.40. The van der Waals surface area contributed by atoms with Crippen molar-refractivity contribution in [3.63, 3.8) is 0 Å². The van der Waals surface area contributed by atoms with Gasteiger partial charge in [-0.25, -0.2) is 4.79 Å². The number of carbonyl (C=O) groups is 2. The molecule has 1 aromatic heterocycles. The van der Waals surface area contributed by atoms with E-state index in [1.807, 2.05) is 23.1 Å². The number of likely N-dealkylation sites (tertiary alicyclic amines) is 1. The fourth-order valence-corrected chi connectivity index (χ4v) is 3.38. The molecule has 2 aliphatic rings. The van der Waals surface area contributed by atoms with Crippen LogP contribution >= 0.6 is 0 Å². The molecule has 7 nitrogen and oxygen atoms in total. The Labute approximate surface area is 154 Å². The zero-order chi connectivity index (χ0) is 18.5. The molecule has 2 fully saturated rings. The summed E-state index contributed by atoms with van der Waals surface area (Å²) in [4.78, 5) is 32.8. The van der Waals surface area contributed by atoms with Crippen molar-refractivity contribution in [3.8, 4) is 0 Å². The lowest BCUT2D eigenvalue weighted by Crippen LogP contribution is -2.50. The standard InChI is InChI=1S/C19H28N4O3/c1-22(17(13-26-2)16-5-3-4-10-20-16)19(25)21-15-8-11-23(12-9-15)18(24)14-6-7-14/h3-5,10,14-15,17H,6-9,11-13H2,1-2H3,(H,21,25)/t17-/m0/s1. The van der Waals surface area contributed by atoms with Crippen LogP contribution in [-0.4, -0.2) is 66.6 Å². The van der Waals surface area contributed by atoms with Crippen LogP contribution in [0.15, 0.2) is 24.4 Å². The van der Waals surface area contributed by atoms with E-state index in [1.54, 1.807) is 25.3 Å². The van der Waals surface area contributed by atoms with Gasteiger partial charge in [-0.1, -0.05) is 6.07 Å². The summed E-state index contributed by atoms with van der Waals surface area (Å²) in [6.45, 7) is 1.84. The molecule has 1 N–H and O–H groups in total. The first kappa shape index (κ1) is 18.6. The van der Waals surface area contributed by atoms with Gasteiger partial charge < -0.3 is 19.9 Å². The first-order valence-corrected chi connectivity index (χ1v) is 9.32. The zero-order valence-electron chi connectivity index (χ0n) is 15.6. The van der Waals surface area contributed by atoms with Crippen LogP contribution in [0.5, 0.6) is 0 Å². The number of urea groups is 1. The number of aromatic nitrogens is 1. The van der Waals surface area contributed by atoms with Gasteiger partial charge in [-0.3, -0.25) is 9.78 Å². The van der Waals surface area contributed by atoms with Gasteiger partial charge in [-0.05, 0) is 37.8 Å². The fraction of sp³-hybridized carbons (Fsp3) is 0.632. The molecule has 0 bridgehead atoms. The summed E-state index contributed by atoms with van der Waals surface area (Å²) < 4.78 is 5.28. The minimum Gasteiger partial charge on any atom is -0.382 e. The predicted octanol–water partition coefficient (Wildman–Crippen LogP) is 1.81. The number of carbonyl (C=O) groups excluding carboxylic acids is 2. The van der Waals surface area contributed by atoms with Crippen LogP contribution in [0.1, 0.15) is 37.4 Å². The van der Waals surface area contributed by atoms with Gasteiger partial charge in [0.05, 0.1) is 18.3 Å². The zero-order valence-corrected chi connectivity index (χ0v) is 15.6. The Morgan fingerprint density at radius 2 is 2.04 bits per heavy atom. The maximum Gasteiger partial charge on any atom is 0.318 e. The summed E-state index contributed by atoms with van der Waals surface area (Å²) in [7, 11) is 3.38. The SMILES string of the molecule is COC[C@@H](c1ccccn1)N(C)C(=O)NC1CCN(C(=O)C2CC2)CC1. The number of amides is 3. The van der Waals surface area contributed by atoms with Crippen molar-refractivity contribution in [1.82, 2.24) is 20.1 Å². The van der Waals surface area contributed by atoms with Crippen LogP contribution in [-0.2, 0) is 9.53 Å². The van der Waals surface area contributed by atoms with Gasteiger partial charge in [0.15, 0.2) is 0 Å². The highest BCUT2D eigenvalue weighted by molar-refractivity contribution is 5.81. The number of rotatable bonds is 6. The molecule has 3 rings (SSSR count). The van der Waals surface area contributed by atoms with E-state index in [-0.39, 0.29) is 24.0 Å². The minimum absolute atomic E-state index is 0.0973. The number of hydrogen-bond donors (Lipinski definition) is 1. The highest BCUT2D eigenvalue weighted by atomic mass is 16.5. The topological polar surface area (TPSA) is 74.8 Å². The first-order chi connectivity index (χ1) is 12.6. The molecule has 2 heterocycles. The number of likely N-dealkylation sites (N-methyl/N-ethyl adjacent to an activating group) is 1. The van der Waals surface area contributed by atoms with Crippen molar-refractivity contribution < 1.29 is 14.3 Å². The number of nitrogens with one attached hydrogen (secondary N) is 1. The van der Waals surface area contributed by atoms with Gasteiger partial charge in [-0.2, -0.15) is 0 Å². The van der Waals surface area contributed by atoms with Crippen molar-refractivity contribution in [2.75, 3.05) is 33.9 Å². The molecule has 1 saturated carbocycles. The molecule has 1 aromatic rings. The number of nitrogens with zero attached hydrogens (tertiary/aromatic N) is 3. The smallest absolute Gasteiger partial charge is 0.318 e. The van der Waals surface area contributed by atoms with Crippen molar-refractivity contribution in [1.29, 1.82) is 0 Å². The van der Waals surface area contributed by atoms with Crippen LogP contribution in [0.3, 0.4) is 0 Å². The molecule has 142 valence electrons. The molecule has 1 aliphatic heterocycles. The highest BCUT2D eigenvalue weighted by Gasteiger charge is 2.35. The summed E-state index contributed by atoms with van der Waals surface area (Å²) >= 11 is 0. The van der Waals surface area contributed by atoms with Crippen LogP contribution in [0, 0.1) is 5.92 Å². The van der Waals surface area contributed by atoms with E-state index >= 15 is 0 Å². The average Bonchev–Trinajstić information content (AvgIpc) is 3.51. The summed E-state index contributed by atoms with van der Waals surface area (Å²) in [5.74, 6) is 0.558. The lowest BCUT2D eigenvalue weighted by atomic mass is 10.0. The third-order valence-electron chi connectivity index (χ3n) is 5.20. The molecule has 0 aromatic carbocycles. The van der Waals surface area contributed by atoms with Crippen molar-refractivity contribution in [2.45, 2.75) is 37.8 Å². The highest BCUT2D eigenvalue weighted by Crippen LogP contribution is 2.32. The first-order valence-electron chi connectivity index (χ1n) is 9.32. The summed E-state index contributed by atoms with van der Waals surface area (Å²) in [5, 5.41) is 3.10. The number of pyridine rings is 1. The van der Waals surface area contributed by atoms with Crippen molar-refractivity contribution in [3.05, 3.63) is 30.1 Å². The van der Waals surface area contributed by atoms with Crippen molar-refractivity contribution >= 4 is 11.9 Å². The van der Waals surface area contributed by atoms with Gasteiger partial charge in [0.2, 0.25) is 5.91 Å². The van der Waals surface area contributed by atoms with Gasteiger partial charge in [0.1, 0.15) is 0 Å². The molecular formula is C19H28N4O3. The Morgan fingerprint density at radius 3 is 2.62 bits per heavy atom. The lowest BCUT2D eigenvalue weighted by Gasteiger charge is -2.34. The average molecular weight is 360 g/mol. The third-order valence-corrected chi connectivity index (χ3v) is 5.20. The van der Waals surface area contributed by atoms with E-state index in [0.29, 0.717) is 12.5 Å². The minimum atomic E-state index is -0.238. The van der Waals surface area contributed by atoms with Gasteiger partial charge >= 0.3 is 6.03 Å². The molecule has 0 radical (unpaired) electrons.